The average Bonchev–Trinajstić information content (AvgIpc) is 3.03. The van der Waals surface area contributed by atoms with Gasteiger partial charge in [0, 0.05) is 31.5 Å². The van der Waals surface area contributed by atoms with Crippen LogP contribution in [0.5, 0.6) is 0 Å². The molecule has 2 fully saturated rings. The number of carboxylic acids is 1. The van der Waals surface area contributed by atoms with E-state index in [1.165, 1.54) is 57.5 Å². The first-order valence-corrected chi connectivity index (χ1v) is 8.26. The van der Waals surface area contributed by atoms with Crippen molar-refractivity contribution in [2.75, 3.05) is 25.0 Å². The van der Waals surface area contributed by atoms with E-state index < -0.39 is 5.97 Å². The molecule has 0 spiro atoms. The molecule has 2 heterocycles. The number of anilines is 1. The minimum absolute atomic E-state index is 0.00429. The third-order valence-corrected chi connectivity index (χ3v) is 4.87. The van der Waals surface area contributed by atoms with Crippen molar-refractivity contribution in [1.29, 1.82) is 0 Å². The first kappa shape index (κ1) is 15.2. The molecule has 0 bridgehead atoms. The lowest BCUT2D eigenvalue weighted by molar-refractivity contribution is 0.0691. The molecule has 0 unspecified atom stereocenters. The summed E-state index contributed by atoms with van der Waals surface area (Å²) in [6.45, 7) is 3.05. The lowest BCUT2D eigenvalue weighted by Crippen LogP contribution is -2.35. The van der Waals surface area contributed by atoms with Crippen LogP contribution in [-0.4, -0.2) is 51.6 Å². The van der Waals surface area contributed by atoms with Crippen LogP contribution in [-0.2, 0) is 0 Å². The Bertz CT molecular complexity index is 517. The van der Waals surface area contributed by atoms with Crippen LogP contribution >= 0.6 is 0 Å². The predicted octanol–water partition coefficient (Wildman–Crippen LogP) is 2.24. The minimum Gasteiger partial charge on any atom is -0.476 e. The third kappa shape index (κ3) is 3.55. The van der Waals surface area contributed by atoms with Gasteiger partial charge in [-0.1, -0.05) is 19.3 Å². The van der Waals surface area contributed by atoms with Crippen molar-refractivity contribution in [3.05, 3.63) is 18.1 Å². The van der Waals surface area contributed by atoms with Gasteiger partial charge in [-0.25, -0.2) is 14.8 Å². The van der Waals surface area contributed by atoms with Gasteiger partial charge in [0.15, 0.2) is 11.5 Å². The van der Waals surface area contributed by atoms with Crippen molar-refractivity contribution >= 4 is 11.8 Å². The Hall–Kier alpha value is -1.69. The van der Waals surface area contributed by atoms with Gasteiger partial charge in [-0.3, -0.25) is 0 Å². The van der Waals surface area contributed by atoms with E-state index in [0.29, 0.717) is 11.7 Å². The van der Waals surface area contributed by atoms with Gasteiger partial charge in [0.2, 0.25) is 0 Å². The van der Waals surface area contributed by atoms with Crippen LogP contribution in [0.25, 0.3) is 0 Å². The van der Waals surface area contributed by atoms with E-state index in [4.69, 9.17) is 5.11 Å². The SMILES string of the molecule is O=C(O)c1nccnc1NC[C@@H]1CCN(C2CCCCC2)C1. The van der Waals surface area contributed by atoms with Crippen LogP contribution in [0.4, 0.5) is 5.82 Å². The molecule has 2 aliphatic rings. The molecule has 1 saturated carbocycles. The van der Waals surface area contributed by atoms with E-state index in [2.05, 4.69) is 20.2 Å². The van der Waals surface area contributed by atoms with Crippen molar-refractivity contribution in [2.24, 2.45) is 5.92 Å². The highest BCUT2D eigenvalue weighted by Gasteiger charge is 2.29. The van der Waals surface area contributed by atoms with Gasteiger partial charge < -0.3 is 15.3 Å². The summed E-state index contributed by atoms with van der Waals surface area (Å²) >= 11 is 0. The Balaban J connectivity index is 1.51. The molecule has 3 rings (SSSR count). The Morgan fingerprint density at radius 1 is 1.23 bits per heavy atom. The van der Waals surface area contributed by atoms with Crippen LogP contribution in [0, 0.1) is 5.92 Å². The quantitative estimate of drug-likeness (QED) is 0.868. The molecule has 6 nitrogen and oxygen atoms in total. The lowest BCUT2D eigenvalue weighted by Gasteiger charge is -2.31. The second-order valence-electron chi connectivity index (χ2n) is 6.38. The van der Waals surface area contributed by atoms with Crippen molar-refractivity contribution in [1.82, 2.24) is 14.9 Å². The molecule has 2 N–H and O–H groups in total. The summed E-state index contributed by atoms with van der Waals surface area (Å²) in [5.74, 6) is -0.0949. The van der Waals surface area contributed by atoms with E-state index in [-0.39, 0.29) is 5.69 Å². The highest BCUT2D eigenvalue weighted by molar-refractivity contribution is 5.90. The zero-order valence-electron chi connectivity index (χ0n) is 12.9. The van der Waals surface area contributed by atoms with Crippen LogP contribution in [0.1, 0.15) is 49.0 Å². The Labute approximate surface area is 131 Å². The molecule has 1 aliphatic carbocycles. The summed E-state index contributed by atoms with van der Waals surface area (Å²) in [6, 6.07) is 0.768. The molecule has 1 aromatic rings. The fraction of sp³-hybridized carbons (Fsp3) is 0.688. The van der Waals surface area contributed by atoms with Gasteiger partial charge in [0.1, 0.15) is 0 Å². The number of hydrogen-bond donors (Lipinski definition) is 2. The van der Waals surface area contributed by atoms with E-state index in [9.17, 15) is 4.79 Å². The fourth-order valence-corrected chi connectivity index (χ4v) is 3.67. The first-order valence-electron chi connectivity index (χ1n) is 8.26. The average molecular weight is 304 g/mol. The highest BCUT2D eigenvalue weighted by Crippen LogP contribution is 2.27. The summed E-state index contributed by atoms with van der Waals surface area (Å²) in [7, 11) is 0. The number of nitrogens with zero attached hydrogens (tertiary/aromatic N) is 3. The van der Waals surface area contributed by atoms with Gasteiger partial charge in [-0.05, 0) is 31.7 Å². The number of aromatic carboxylic acids is 1. The molecular weight excluding hydrogens is 280 g/mol. The fourth-order valence-electron chi connectivity index (χ4n) is 3.67. The zero-order valence-corrected chi connectivity index (χ0v) is 12.9. The lowest BCUT2D eigenvalue weighted by atomic mass is 9.94. The third-order valence-electron chi connectivity index (χ3n) is 4.87. The normalized spacial score (nSPS) is 23.5. The smallest absolute Gasteiger partial charge is 0.358 e. The highest BCUT2D eigenvalue weighted by atomic mass is 16.4. The van der Waals surface area contributed by atoms with E-state index in [0.717, 1.165) is 19.1 Å². The van der Waals surface area contributed by atoms with Crippen LogP contribution in [0.15, 0.2) is 12.4 Å². The molecule has 0 aromatic carbocycles. The maximum Gasteiger partial charge on any atom is 0.358 e. The van der Waals surface area contributed by atoms with Crippen LogP contribution in [0.3, 0.4) is 0 Å². The maximum atomic E-state index is 11.1. The van der Waals surface area contributed by atoms with Crippen molar-refractivity contribution < 1.29 is 9.90 Å². The molecule has 0 amide bonds. The maximum absolute atomic E-state index is 11.1. The first-order chi connectivity index (χ1) is 10.7. The second-order valence-corrected chi connectivity index (χ2v) is 6.38. The molecule has 1 aromatic heterocycles. The van der Waals surface area contributed by atoms with Gasteiger partial charge >= 0.3 is 5.97 Å². The topological polar surface area (TPSA) is 78.3 Å². The number of carboxylic acid groups (broad SMARTS) is 1. The predicted molar refractivity (Wildman–Crippen MR) is 84.0 cm³/mol. The Kier molecular flexibility index (Phi) is 4.87. The number of rotatable bonds is 5. The molecule has 1 atom stereocenters. The molecule has 0 radical (unpaired) electrons. The molecule has 1 aliphatic heterocycles. The van der Waals surface area contributed by atoms with Gasteiger partial charge in [-0.2, -0.15) is 0 Å². The van der Waals surface area contributed by atoms with Crippen molar-refractivity contribution in [2.45, 2.75) is 44.6 Å². The molecule has 6 heteroatoms. The molecule has 120 valence electrons. The monoisotopic (exact) mass is 304 g/mol. The van der Waals surface area contributed by atoms with Crippen LogP contribution < -0.4 is 5.32 Å². The largest absolute Gasteiger partial charge is 0.476 e. The number of carbonyl (C=O) groups is 1. The number of nitrogens with one attached hydrogen (secondary N) is 1. The summed E-state index contributed by atoms with van der Waals surface area (Å²) in [5, 5.41) is 12.3. The van der Waals surface area contributed by atoms with E-state index in [1.807, 2.05) is 0 Å². The minimum atomic E-state index is -1.04. The molecule has 22 heavy (non-hydrogen) atoms. The summed E-state index contributed by atoms with van der Waals surface area (Å²) in [4.78, 5) is 21.7. The molecular formula is C16H24N4O2. The zero-order chi connectivity index (χ0) is 15.4. The second kappa shape index (κ2) is 7.05. The van der Waals surface area contributed by atoms with Crippen molar-refractivity contribution in [3.8, 4) is 0 Å². The van der Waals surface area contributed by atoms with E-state index in [1.54, 1.807) is 0 Å². The summed E-state index contributed by atoms with van der Waals surface area (Å²) in [5.41, 5.74) is 0.00429. The Morgan fingerprint density at radius 3 is 2.77 bits per heavy atom. The van der Waals surface area contributed by atoms with Gasteiger partial charge in [0.05, 0.1) is 0 Å². The Morgan fingerprint density at radius 2 is 2.00 bits per heavy atom. The number of likely N-dealkylation sites (tertiary alicyclic amines) is 1. The van der Waals surface area contributed by atoms with Crippen LogP contribution in [0.2, 0.25) is 0 Å². The number of hydrogen-bond acceptors (Lipinski definition) is 5. The van der Waals surface area contributed by atoms with Gasteiger partial charge in [0.25, 0.3) is 0 Å². The van der Waals surface area contributed by atoms with Crippen molar-refractivity contribution in [3.63, 3.8) is 0 Å². The molecule has 1 saturated heterocycles. The standard InChI is InChI=1S/C16H24N4O2/c21-16(22)14-15(18-8-7-17-14)19-10-12-6-9-20(11-12)13-4-2-1-3-5-13/h7-8,12-13H,1-6,9-11H2,(H,18,19)(H,21,22)/t12-/m0/s1. The van der Waals surface area contributed by atoms with E-state index >= 15 is 0 Å². The van der Waals surface area contributed by atoms with Gasteiger partial charge in [-0.15, -0.1) is 0 Å². The summed E-state index contributed by atoms with van der Waals surface area (Å²) in [6.07, 6.45) is 10.9. The summed E-state index contributed by atoms with van der Waals surface area (Å²) < 4.78 is 0. The number of aromatic nitrogens is 2.